The summed E-state index contributed by atoms with van der Waals surface area (Å²) in [6.45, 7) is 4.01. The molecule has 0 saturated heterocycles. The number of hydrogen-bond acceptors (Lipinski definition) is 6. The van der Waals surface area contributed by atoms with Gasteiger partial charge in [0.25, 0.3) is 0 Å². The molecule has 0 aliphatic heterocycles. The first-order chi connectivity index (χ1) is 12.6. The van der Waals surface area contributed by atoms with Crippen molar-refractivity contribution in [1.29, 1.82) is 0 Å². The van der Waals surface area contributed by atoms with Gasteiger partial charge in [-0.2, -0.15) is 0 Å². The maximum atomic E-state index is 8.74. The summed E-state index contributed by atoms with van der Waals surface area (Å²) in [7, 11) is 0. The Kier molecular flexibility index (Phi) is 8.37. The molecule has 0 aliphatic carbocycles. The van der Waals surface area contributed by atoms with E-state index in [1.165, 1.54) is 0 Å². The third-order valence-corrected chi connectivity index (χ3v) is 3.53. The SMILES string of the molecule is CC(OCCO)Oc1ccc(-c2ccc(OC(C)OCCO)cc2)cc1. The molecule has 0 bridgehead atoms. The zero-order valence-corrected chi connectivity index (χ0v) is 15.1. The molecule has 2 N–H and O–H groups in total. The van der Waals surface area contributed by atoms with Gasteiger partial charge in [0.1, 0.15) is 11.5 Å². The maximum absolute atomic E-state index is 8.74. The molecule has 0 aromatic heterocycles. The number of benzene rings is 2. The van der Waals surface area contributed by atoms with Crippen LogP contribution in [0.4, 0.5) is 0 Å². The lowest BCUT2D eigenvalue weighted by Crippen LogP contribution is -2.18. The minimum Gasteiger partial charge on any atom is -0.465 e. The predicted molar refractivity (Wildman–Crippen MR) is 98.1 cm³/mol. The Morgan fingerprint density at radius 2 is 1.00 bits per heavy atom. The van der Waals surface area contributed by atoms with Crippen molar-refractivity contribution >= 4 is 0 Å². The fourth-order valence-electron chi connectivity index (χ4n) is 2.34. The molecule has 6 heteroatoms. The lowest BCUT2D eigenvalue weighted by Gasteiger charge is -2.16. The van der Waals surface area contributed by atoms with Gasteiger partial charge in [-0.1, -0.05) is 24.3 Å². The van der Waals surface area contributed by atoms with Crippen LogP contribution in [-0.2, 0) is 9.47 Å². The zero-order valence-electron chi connectivity index (χ0n) is 15.1. The van der Waals surface area contributed by atoms with Gasteiger partial charge in [-0.15, -0.1) is 0 Å². The molecule has 2 atom stereocenters. The topological polar surface area (TPSA) is 77.4 Å². The van der Waals surface area contributed by atoms with Gasteiger partial charge in [0.15, 0.2) is 12.6 Å². The van der Waals surface area contributed by atoms with E-state index in [-0.39, 0.29) is 26.4 Å². The van der Waals surface area contributed by atoms with Crippen molar-refractivity contribution in [2.45, 2.75) is 26.4 Å². The van der Waals surface area contributed by atoms with E-state index in [0.717, 1.165) is 11.1 Å². The highest BCUT2D eigenvalue weighted by molar-refractivity contribution is 5.64. The maximum Gasteiger partial charge on any atom is 0.197 e. The Hall–Kier alpha value is -2.12. The quantitative estimate of drug-likeness (QED) is 0.599. The molecule has 2 aromatic carbocycles. The second kappa shape index (κ2) is 10.8. The van der Waals surface area contributed by atoms with E-state index in [2.05, 4.69) is 0 Å². The van der Waals surface area contributed by atoms with Crippen LogP contribution in [0.25, 0.3) is 11.1 Å². The highest BCUT2D eigenvalue weighted by Gasteiger charge is 2.06. The standard InChI is InChI=1S/C20H26O6/c1-15(23-13-11-21)25-19-7-3-17(4-8-19)18-5-9-20(10-6-18)26-16(2)24-14-12-22/h3-10,15-16,21-22H,11-14H2,1-2H3. The third kappa shape index (κ3) is 6.65. The summed E-state index contributed by atoms with van der Waals surface area (Å²) in [5.74, 6) is 1.41. The first kappa shape index (κ1) is 20.2. The van der Waals surface area contributed by atoms with Gasteiger partial charge >= 0.3 is 0 Å². The van der Waals surface area contributed by atoms with Crippen molar-refractivity contribution in [1.82, 2.24) is 0 Å². The lowest BCUT2D eigenvalue weighted by molar-refractivity contribution is -0.0762. The molecule has 6 nitrogen and oxygen atoms in total. The van der Waals surface area contributed by atoms with Gasteiger partial charge in [-0.05, 0) is 49.2 Å². The second-order valence-electron chi connectivity index (χ2n) is 5.61. The van der Waals surface area contributed by atoms with E-state index >= 15 is 0 Å². The number of hydrogen-bond donors (Lipinski definition) is 2. The lowest BCUT2D eigenvalue weighted by atomic mass is 10.1. The van der Waals surface area contributed by atoms with Crippen LogP contribution in [0.2, 0.25) is 0 Å². The van der Waals surface area contributed by atoms with E-state index in [1.54, 1.807) is 13.8 Å². The number of rotatable bonds is 11. The summed E-state index contributed by atoms with van der Waals surface area (Å²) in [6.07, 6.45) is -0.834. The summed E-state index contributed by atoms with van der Waals surface area (Å²) >= 11 is 0. The average Bonchev–Trinajstić information content (AvgIpc) is 2.66. The van der Waals surface area contributed by atoms with Gasteiger partial charge in [0.05, 0.1) is 26.4 Å². The minimum absolute atomic E-state index is 0.0291. The van der Waals surface area contributed by atoms with Crippen molar-refractivity contribution in [3.8, 4) is 22.6 Å². The summed E-state index contributed by atoms with van der Waals surface area (Å²) in [5.41, 5.74) is 2.11. The van der Waals surface area contributed by atoms with Gasteiger partial charge in [0.2, 0.25) is 0 Å². The Bertz CT molecular complexity index is 568. The van der Waals surface area contributed by atoms with Crippen LogP contribution in [0.1, 0.15) is 13.8 Å². The van der Waals surface area contributed by atoms with Crippen LogP contribution in [0.15, 0.2) is 48.5 Å². The zero-order chi connectivity index (χ0) is 18.8. The molecule has 0 heterocycles. The van der Waals surface area contributed by atoms with Gasteiger partial charge in [0, 0.05) is 0 Å². The van der Waals surface area contributed by atoms with Crippen LogP contribution < -0.4 is 9.47 Å². The van der Waals surface area contributed by atoms with Crippen LogP contribution in [0.5, 0.6) is 11.5 Å². The molecule has 0 saturated carbocycles. The molecular formula is C20H26O6. The third-order valence-electron chi connectivity index (χ3n) is 3.53. The molecular weight excluding hydrogens is 336 g/mol. The Morgan fingerprint density at radius 3 is 1.31 bits per heavy atom. The van der Waals surface area contributed by atoms with Crippen LogP contribution in [-0.4, -0.2) is 49.2 Å². The molecule has 0 spiro atoms. The molecule has 0 radical (unpaired) electrons. The van der Waals surface area contributed by atoms with Gasteiger partial charge in [-0.3, -0.25) is 0 Å². The number of aliphatic hydroxyl groups excluding tert-OH is 2. The number of aliphatic hydroxyl groups is 2. The van der Waals surface area contributed by atoms with E-state index in [9.17, 15) is 0 Å². The van der Waals surface area contributed by atoms with Crippen LogP contribution in [0.3, 0.4) is 0 Å². The summed E-state index contributed by atoms with van der Waals surface area (Å²) in [4.78, 5) is 0. The molecule has 2 aromatic rings. The fourth-order valence-corrected chi connectivity index (χ4v) is 2.34. The van der Waals surface area contributed by atoms with Crippen molar-refractivity contribution in [2.75, 3.05) is 26.4 Å². The summed E-state index contributed by atoms with van der Waals surface area (Å²) in [5, 5.41) is 17.5. The average molecular weight is 362 g/mol. The van der Waals surface area contributed by atoms with E-state index in [4.69, 9.17) is 29.2 Å². The Balaban J connectivity index is 1.92. The monoisotopic (exact) mass is 362 g/mol. The molecule has 142 valence electrons. The van der Waals surface area contributed by atoms with Crippen molar-refractivity contribution < 1.29 is 29.2 Å². The Morgan fingerprint density at radius 1 is 0.654 bits per heavy atom. The number of ether oxygens (including phenoxy) is 4. The summed E-state index contributed by atoms with van der Waals surface area (Å²) in [6, 6.07) is 15.4. The van der Waals surface area contributed by atoms with Crippen molar-refractivity contribution in [3.63, 3.8) is 0 Å². The first-order valence-corrected chi connectivity index (χ1v) is 8.61. The van der Waals surface area contributed by atoms with Crippen molar-refractivity contribution in [2.24, 2.45) is 0 Å². The minimum atomic E-state index is -0.417. The molecule has 0 fully saturated rings. The Labute approximate surface area is 153 Å². The van der Waals surface area contributed by atoms with Crippen LogP contribution in [0, 0.1) is 0 Å². The molecule has 2 rings (SSSR count). The van der Waals surface area contributed by atoms with E-state index < -0.39 is 12.6 Å². The second-order valence-corrected chi connectivity index (χ2v) is 5.61. The molecule has 2 unspecified atom stereocenters. The van der Waals surface area contributed by atoms with E-state index in [0.29, 0.717) is 11.5 Å². The van der Waals surface area contributed by atoms with Gasteiger partial charge < -0.3 is 29.2 Å². The smallest absolute Gasteiger partial charge is 0.197 e. The van der Waals surface area contributed by atoms with Gasteiger partial charge in [-0.25, -0.2) is 0 Å². The molecule has 26 heavy (non-hydrogen) atoms. The first-order valence-electron chi connectivity index (χ1n) is 8.61. The summed E-state index contributed by atoms with van der Waals surface area (Å²) < 4.78 is 21.8. The fraction of sp³-hybridized carbons (Fsp3) is 0.400. The highest BCUT2D eigenvalue weighted by atomic mass is 16.7. The predicted octanol–water partition coefficient (Wildman–Crippen LogP) is 2.82. The molecule has 0 amide bonds. The van der Waals surface area contributed by atoms with E-state index in [1.807, 2.05) is 48.5 Å². The largest absolute Gasteiger partial charge is 0.465 e. The normalized spacial score (nSPS) is 13.2. The van der Waals surface area contributed by atoms with Crippen molar-refractivity contribution in [3.05, 3.63) is 48.5 Å². The van der Waals surface area contributed by atoms with Crippen LogP contribution >= 0.6 is 0 Å². The highest BCUT2D eigenvalue weighted by Crippen LogP contribution is 2.25. The molecule has 0 aliphatic rings.